The van der Waals surface area contributed by atoms with Crippen LogP contribution in [0.2, 0.25) is 5.02 Å². The molecular formula is C21H27ClN4O3. The first kappa shape index (κ1) is 20.2. The Hall–Kier alpha value is -2.12. The maximum Gasteiger partial charge on any atom is 0.254 e. The number of hydrogen-bond acceptors (Lipinski definition) is 4. The maximum atomic E-state index is 13.0. The first-order valence-corrected chi connectivity index (χ1v) is 10.8. The lowest BCUT2D eigenvalue weighted by atomic mass is 10.1. The Morgan fingerprint density at radius 3 is 2.28 bits per heavy atom. The first-order valence-electron chi connectivity index (χ1n) is 10.4. The minimum absolute atomic E-state index is 0.0489. The van der Waals surface area contributed by atoms with E-state index in [0.717, 1.165) is 32.4 Å². The number of hydrogen-bond donors (Lipinski definition) is 0. The van der Waals surface area contributed by atoms with E-state index in [0.29, 0.717) is 62.0 Å². The molecule has 0 aromatic heterocycles. The zero-order chi connectivity index (χ0) is 20.4. The van der Waals surface area contributed by atoms with Gasteiger partial charge in [0.2, 0.25) is 11.8 Å². The molecular weight excluding hydrogens is 392 g/mol. The molecule has 3 aliphatic heterocycles. The van der Waals surface area contributed by atoms with Crippen LogP contribution in [-0.2, 0) is 9.59 Å². The van der Waals surface area contributed by atoms with Crippen molar-refractivity contribution in [2.45, 2.75) is 25.7 Å². The molecule has 0 atom stereocenters. The summed E-state index contributed by atoms with van der Waals surface area (Å²) < 4.78 is 0. The quantitative estimate of drug-likeness (QED) is 0.748. The van der Waals surface area contributed by atoms with E-state index in [1.807, 2.05) is 9.80 Å². The molecule has 0 bridgehead atoms. The number of carbonyl (C=O) groups excluding carboxylic acids is 3. The van der Waals surface area contributed by atoms with Gasteiger partial charge < -0.3 is 14.7 Å². The van der Waals surface area contributed by atoms with E-state index < -0.39 is 0 Å². The Kier molecular flexibility index (Phi) is 6.06. The predicted octanol–water partition coefficient (Wildman–Crippen LogP) is 1.85. The largest absolute Gasteiger partial charge is 0.342 e. The van der Waals surface area contributed by atoms with Crippen molar-refractivity contribution < 1.29 is 14.4 Å². The van der Waals surface area contributed by atoms with Crippen molar-refractivity contribution >= 4 is 35.0 Å². The summed E-state index contributed by atoms with van der Waals surface area (Å²) in [6.45, 7) is 5.38. The summed E-state index contributed by atoms with van der Waals surface area (Å²) in [6, 6.07) is 5.15. The lowest BCUT2D eigenvalue weighted by Crippen LogP contribution is -2.51. The number of benzene rings is 1. The van der Waals surface area contributed by atoms with E-state index in [2.05, 4.69) is 4.90 Å². The number of carbonyl (C=O) groups is 3. The molecule has 1 aromatic carbocycles. The second-order valence-corrected chi connectivity index (χ2v) is 8.38. The fraction of sp³-hybridized carbons (Fsp3) is 0.571. The molecule has 0 radical (unpaired) electrons. The van der Waals surface area contributed by atoms with Gasteiger partial charge >= 0.3 is 0 Å². The van der Waals surface area contributed by atoms with Gasteiger partial charge in [0, 0.05) is 57.8 Å². The van der Waals surface area contributed by atoms with E-state index in [-0.39, 0.29) is 17.7 Å². The van der Waals surface area contributed by atoms with Crippen LogP contribution < -0.4 is 4.90 Å². The highest BCUT2D eigenvalue weighted by molar-refractivity contribution is 6.34. The van der Waals surface area contributed by atoms with Gasteiger partial charge in [-0.3, -0.25) is 19.3 Å². The van der Waals surface area contributed by atoms with Crippen LogP contribution in [0.3, 0.4) is 0 Å². The monoisotopic (exact) mass is 418 g/mol. The third kappa shape index (κ3) is 4.41. The summed E-state index contributed by atoms with van der Waals surface area (Å²) >= 11 is 6.29. The summed E-state index contributed by atoms with van der Waals surface area (Å²) in [5.41, 5.74) is 1.17. The summed E-state index contributed by atoms with van der Waals surface area (Å²) in [4.78, 5) is 44.9. The number of nitrogens with zero attached hydrogens (tertiary/aromatic N) is 4. The van der Waals surface area contributed by atoms with E-state index >= 15 is 0 Å². The highest BCUT2D eigenvalue weighted by atomic mass is 35.5. The number of likely N-dealkylation sites (tertiary alicyclic amines) is 1. The number of amides is 3. The molecule has 3 heterocycles. The van der Waals surface area contributed by atoms with Crippen LogP contribution in [0.1, 0.15) is 36.0 Å². The highest BCUT2D eigenvalue weighted by Gasteiger charge is 2.28. The second kappa shape index (κ2) is 8.71. The minimum atomic E-state index is -0.0555. The smallest absolute Gasteiger partial charge is 0.254 e. The fourth-order valence-corrected chi connectivity index (χ4v) is 4.52. The molecule has 0 saturated carbocycles. The van der Waals surface area contributed by atoms with E-state index in [1.165, 1.54) is 0 Å². The normalized spacial score (nSPS) is 20.6. The topological polar surface area (TPSA) is 64.2 Å². The van der Waals surface area contributed by atoms with Crippen LogP contribution >= 0.6 is 11.6 Å². The van der Waals surface area contributed by atoms with Crippen LogP contribution in [0, 0.1) is 0 Å². The molecule has 0 N–H and O–H groups in total. The van der Waals surface area contributed by atoms with Gasteiger partial charge in [0.05, 0.1) is 17.3 Å². The van der Waals surface area contributed by atoms with Crippen molar-refractivity contribution in [2.75, 3.05) is 57.3 Å². The van der Waals surface area contributed by atoms with Crippen molar-refractivity contribution in [2.24, 2.45) is 0 Å². The Balaban J connectivity index is 1.36. The van der Waals surface area contributed by atoms with Crippen molar-refractivity contribution in [3.05, 3.63) is 28.8 Å². The average Bonchev–Trinajstić information content (AvgIpc) is 3.40. The SMILES string of the molecule is O=C(CN1CCN(C(=O)c2ccc(Cl)c(N3CCCC3=O)c2)CC1)N1CCCC1. The van der Waals surface area contributed by atoms with Crippen LogP contribution in [-0.4, -0.2) is 84.8 Å². The molecule has 0 spiro atoms. The van der Waals surface area contributed by atoms with Crippen molar-refractivity contribution in [1.82, 2.24) is 14.7 Å². The van der Waals surface area contributed by atoms with Gasteiger partial charge in [-0.25, -0.2) is 0 Å². The summed E-state index contributed by atoms with van der Waals surface area (Å²) in [5.74, 6) is 0.188. The Bertz CT molecular complexity index is 801. The number of halogens is 1. The molecule has 0 unspecified atom stereocenters. The standard InChI is InChI=1S/C21H27ClN4O3/c22-17-6-5-16(14-18(17)26-9-3-4-19(26)27)21(29)25-12-10-23(11-13-25)15-20(28)24-7-1-2-8-24/h5-6,14H,1-4,7-13,15H2. The second-order valence-electron chi connectivity index (χ2n) is 7.97. The Morgan fingerprint density at radius 2 is 1.62 bits per heavy atom. The van der Waals surface area contributed by atoms with Gasteiger partial charge in [-0.1, -0.05) is 11.6 Å². The van der Waals surface area contributed by atoms with Gasteiger partial charge in [0.25, 0.3) is 5.91 Å². The van der Waals surface area contributed by atoms with Gasteiger partial charge in [-0.2, -0.15) is 0 Å². The zero-order valence-corrected chi connectivity index (χ0v) is 17.4. The van der Waals surface area contributed by atoms with Gasteiger partial charge in [-0.15, -0.1) is 0 Å². The predicted molar refractivity (Wildman–Crippen MR) is 111 cm³/mol. The molecule has 8 heteroatoms. The minimum Gasteiger partial charge on any atom is -0.342 e. The van der Waals surface area contributed by atoms with Crippen LogP contribution in [0.15, 0.2) is 18.2 Å². The summed E-state index contributed by atoms with van der Waals surface area (Å²) in [7, 11) is 0. The van der Waals surface area contributed by atoms with Gasteiger partial charge in [0.15, 0.2) is 0 Å². The van der Waals surface area contributed by atoms with Crippen LogP contribution in [0.4, 0.5) is 5.69 Å². The van der Waals surface area contributed by atoms with Gasteiger partial charge in [-0.05, 0) is 37.5 Å². The van der Waals surface area contributed by atoms with E-state index in [9.17, 15) is 14.4 Å². The molecule has 156 valence electrons. The highest BCUT2D eigenvalue weighted by Crippen LogP contribution is 2.31. The van der Waals surface area contributed by atoms with Crippen molar-refractivity contribution in [1.29, 1.82) is 0 Å². The number of rotatable bonds is 4. The lowest BCUT2D eigenvalue weighted by molar-refractivity contribution is -0.131. The summed E-state index contributed by atoms with van der Waals surface area (Å²) in [6.07, 6.45) is 3.53. The first-order chi connectivity index (χ1) is 14.0. The van der Waals surface area contributed by atoms with E-state index in [1.54, 1.807) is 23.1 Å². The van der Waals surface area contributed by atoms with Crippen molar-refractivity contribution in [3.8, 4) is 0 Å². The fourth-order valence-electron chi connectivity index (χ4n) is 4.30. The molecule has 3 saturated heterocycles. The molecule has 7 nitrogen and oxygen atoms in total. The lowest BCUT2D eigenvalue weighted by Gasteiger charge is -2.35. The Labute approximate surface area is 176 Å². The molecule has 29 heavy (non-hydrogen) atoms. The van der Waals surface area contributed by atoms with Gasteiger partial charge in [0.1, 0.15) is 0 Å². The van der Waals surface area contributed by atoms with Crippen LogP contribution in [0.5, 0.6) is 0 Å². The third-order valence-electron chi connectivity index (χ3n) is 6.03. The molecule has 3 aliphatic rings. The molecule has 3 fully saturated rings. The van der Waals surface area contributed by atoms with E-state index in [4.69, 9.17) is 11.6 Å². The maximum absolute atomic E-state index is 13.0. The average molecular weight is 419 g/mol. The zero-order valence-electron chi connectivity index (χ0n) is 16.6. The van der Waals surface area contributed by atoms with Crippen LogP contribution in [0.25, 0.3) is 0 Å². The molecule has 3 amide bonds. The van der Waals surface area contributed by atoms with Crippen molar-refractivity contribution in [3.63, 3.8) is 0 Å². The molecule has 0 aliphatic carbocycles. The summed E-state index contributed by atoms with van der Waals surface area (Å²) in [5, 5.41) is 0.488. The molecule has 1 aromatic rings. The third-order valence-corrected chi connectivity index (χ3v) is 6.35. The number of piperazine rings is 1. The Morgan fingerprint density at radius 1 is 0.897 bits per heavy atom. The number of anilines is 1. The molecule has 4 rings (SSSR count).